The van der Waals surface area contributed by atoms with E-state index in [0.29, 0.717) is 24.3 Å². The molecule has 0 bridgehead atoms. The number of halogens is 1. The van der Waals surface area contributed by atoms with Crippen LogP contribution in [0.3, 0.4) is 0 Å². The number of nitrogens with one attached hydrogen (secondary N) is 1. The van der Waals surface area contributed by atoms with E-state index in [-0.39, 0.29) is 29.6 Å². The van der Waals surface area contributed by atoms with Crippen LogP contribution in [0.1, 0.15) is 38.3 Å². The maximum absolute atomic E-state index is 14.0. The molecule has 0 fully saturated rings. The smallest absolute Gasteiger partial charge is 0.264 e. The third-order valence-electron chi connectivity index (χ3n) is 6.30. The van der Waals surface area contributed by atoms with E-state index in [1.54, 1.807) is 50.2 Å². The summed E-state index contributed by atoms with van der Waals surface area (Å²) in [4.78, 5) is 28.2. The van der Waals surface area contributed by atoms with Gasteiger partial charge in [-0.15, -0.1) is 0 Å². The maximum Gasteiger partial charge on any atom is 0.264 e. The highest BCUT2D eigenvalue weighted by Crippen LogP contribution is 2.33. The van der Waals surface area contributed by atoms with Gasteiger partial charge < -0.3 is 15.0 Å². The quantitative estimate of drug-likeness (QED) is 0.323. The van der Waals surface area contributed by atoms with E-state index in [4.69, 9.17) is 4.74 Å². The first kappa shape index (κ1) is 30.6. The molecule has 3 aromatic rings. The monoisotopic (exact) mass is 569 g/mol. The fourth-order valence-electron chi connectivity index (χ4n) is 4.06. The molecule has 0 saturated heterocycles. The van der Waals surface area contributed by atoms with Crippen molar-refractivity contribution in [1.29, 1.82) is 0 Å². The van der Waals surface area contributed by atoms with Crippen LogP contribution in [-0.4, -0.2) is 50.9 Å². The van der Waals surface area contributed by atoms with E-state index in [1.807, 2.05) is 13.8 Å². The predicted molar refractivity (Wildman–Crippen MR) is 153 cm³/mol. The SMILES string of the molecule is CCCNC(=O)[C@@H](C)N(Cc1ccc(F)cc1)C(=O)CN(c1ccccc1OCC)S(=O)(=O)c1ccc(C)cc1. The number of hydrogen-bond acceptors (Lipinski definition) is 5. The lowest BCUT2D eigenvalue weighted by molar-refractivity contribution is -0.139. The molecule has 40 heavy (non-hydrogen) atoms. The van der Waals surface area contributed by atoms with Gasteiger partial charge in [-0.3, -0.25) is 13.9 Å². The van der Waals surface area contributed by atoms with Crippen molar-refractivity contribution in [1.82, 2.24) is 10.2 Å². The number of nitrogens with zero attached hydrogens (tertiary/aromatic N) is 2. The van der Waals surface area contributed by atoms with E-state index in [1.165, 1.54) is 41.3 Å². The van der Waals surface area contributed by atoms with Crippen LogP contribution in [0.2, 0.25) is 0 Å². The van der Waals surface area contributed by atoms with E-state index in [0.717, 1.165) is 9.87 Å². The molecule has 1 atom stereocenters. The lowest BCUT2D eigenvalue weighted by atomic mass is 10.1. The van der Waals surface area contributed by atoms with E-state index in [9.17, 15) is 22.4 Å². The molecule has 3 aromatic carbocycles. The molecular formula is C30H36FN3O5S. The van der Waals surface area contributed by atoms with Gasteiger partial charge in [0.2, 0.25) is 11.8 Å². The number of carbonyl (C=O) groups excluding carboxylic acids is 2. The summed E-state index contributed by atoms with van der Waals surface area (Å²) in [6.45, 7) is 7.22. The summed E-state index contributed by atoms with van der Waals surface area (Å²) in [5, 5.41) is 2.79. The van der Waals surface area contributed by atoms with Crippen LogP contribution < -0.4 is 14.4 Å². The Morgan fingerprint density at radius 1 is 0.975 bits per heavy atom. The molecular weight excluding hydrogens is 533 g/mol. The van der Waals surface area contributed by atoms with Crippen LogP contribution in [0.15, 0.2) is 77.7 Å². The number of amides is 2. The zero-order chi connectivity index (χ0) is 29.3. The topological polar surface area (TPSA) is 96.0 Å². The van der Waals surface area contributed by atoms with Gasteiger partial charge in [-0.05, 0) is 69.2 Å². The molecule has 1 N–H and O–H groups in total. The number of sulfonamides is 1. The Kier molecular flexibility index (Phi) is 10.7. The normalized spacial score (nSPS) is 11.9. The van der Waals surface area contributed by atoms with E-state index in [2.05, 4.69) is 5.32 Å². The Morgan fingerprint density at radius 2 is 1.62 bits per heavy atom. The highest BCUT2D eigenvalue weighted by molar-refractivity contribution is 7.92. The fourth-order valence-corrected chi connectivity index (χ4v) is 5.48. The molecule has 0 aliphatic heterocycles. The average Bonchev–Trinajstić information content (AvgIpc) is 2.94. The van der Waals surface area contributed by atoms with Crippen LogP contribution in [-0.2, 0) is 26.2 Å². The minimum absolute atomic E-state index is 0.0102. The van der Waals surface area contributed by atoms with Gasteiger partial charge in [0.05, 0.1) is 17.2 Å². The molecule has 0 aliphatic rings. The second-order valence-electron chi connectivity index (χ2n) is 9.34. The van der Waals surface area contributed by atoms with Gasteiger partial charge >= 0.3 is 0 Å². The summed E-state index contributed by atoms with van der Waals surface area (Å²) in [7, 11) is -4.22. The van der Waals surface area contributed by atoms with Crippen molar-refractivity contribution in [3.8, 4) is 5.75 Å². The Bertz CT molecular complexity index is 1400. The minimum atomic E-state index is -4.22. The summed E-state index contributed by atoms with van der Waals surface area (Å²) < 4.78 is 48.2. The van der Waals surface area contributed by atoms with Gasteiger partial charge in [0.25, 0.3) is 10.0 Å². The zero-order valence-electron chi connectivity index (χ0n) is 23.3. The molecule has 3 rings (SSSR count). The lowest BCUT2D eigenvalue weighted by Gasteiger charge is -2.32. The first-order valence-electron chi connectivity index (χ1n) is 13.2. The number of anilines is 1. The Morgan fingerprint density at radius 3 is 2.25 bits per heavy atom. The van der Waals surface area contributed by atoms with Crippen LogP contribution >= 0.6 is 0 Å². The van der Waals surface area contributed by atoms with Crippen molar-refractivity contribution in [2.75, 3.05) is 24.0 Å². The maximum atomic E-state index is 14.0. The number of para-hydroxylation sites is 2. The number of benzene rings is 3. The van der Waals surface area contributed by atoms with Crippen LogP contribution in [0.5, 0.6) is 5.75 Å². The second kappa shape index (κ2) is 13.9. The fraction of sp³-hybridized carbons (Fsp3) is 0.333. The number of ether oxygens (including phenoxy) is 1. The van der Waals surface area contributed by atoms with Gasteiger partial charge in [0, 0.05) is 13.1 Å². The predicted octanol–water partition coefficient (Wildman–Crippen LogP) is 4.67. The molecule has 8 nitrogen and oxygen atoms in total. The molecule has 0 saturated carbocycles. The molecule has 2 amide bonds. The number of hydrogen-bond donors (Lipinski definition) is 1. The van der Waals surface area contributed by atoms with Crippen molar-refractivity contribution in [2.45, 2.75) is 51.6 Å². The molecule has 0 unspecified atom stereocenters. The van der Waals surface area contributed by atoms with Gasteiger partial charge in [-0.1, -0.05) is 48.9 Å². The summed E-state index contributed by atoms with van der Waals surface area (Å²) >= 11 is 0. The van der Waals surface area contributed by atoms with Crippen molar-refractivity contribution >= 4 is 27.5 Å². The Labute approximate surface area is 235 Å². The molecule has 0 heterocycles. The summed E-state index contributed by atoms with van der Waals surface area (Å²) in [5.74, 6) is -1.11. The number of rotatable bonds is 13. The van der Waals surface area contributed by atoms with Crippen molar-refractivity contribution < 1.29 is 27.1 Å². The number of carbonyl (C=O) groups is 2. The van der Waals surface area contributed by atoms with E-state index < -0.39 is 34.3 Å². The first-order valence-corrected chi connectivity index (χ1v) is 14.6. The average molecular weight is 570 g/mol. The van der Waals surface area contributed by atoms with E-state index >= 15 is 0 Å². The number of aryl methyl sites for hydroxylation is 1. The second-order valence-corrected chi connectivity index (χ2v) is 11.2. The van der Waals surface area contributed by atoms with Gasteiger partial charge in [-0.2, -0.15) is 0 Å². The molecule has 0 radical (unpaired) electrons. The van der Waals surface area contributed by atoms with Gasteiger partial charge in [-0.25, -0.2) is 12.8 Å². The summed E-state index contributed by atoms with van der Waals surface area (Å²) in [6.07, 6.45) is 0.709. The Hall–Kier alpha value is -3.92. The molecule has 0 spiro atoms. The van der Waals surface area contributed by atoms with Crippen molar-refractivity contribution in [3.05, 3.63) is 89.7 Å². The standard InChI is InChI=1S/C30H36FN3O5S/c1-5-19-32-30(36)23(4)33(20-24-13-15-25(31)16-14-24)29(35)21-34(27-9-7-8-10-28(27)39-6-2)40(37,38)26-17-11-22(3)12-18-26/h7-18,23H,5-6,19-21H2,1-4H3,(H,32,36)/t23-/m1/s1. The minimum Gasteiger partial charge on any atom is -0.492 e. The highest BCUT2D eigenvalue weighted by Gasteiger charge is 2.33. The molecule has 10 heteroatoms. The van der Waals surface area contributed by atoms with Crippen LogP contribution in [0.25, 0.3) is 0 Å². The van der Waals surface area contributed by atoms with Gasteiger partial charge in [0.1, 0.15) is 24.2 Å². The van der Waals surface area contributed by atoms with Crippen LogP contribution in [0, 0.1) is 12.7 Å². The first-order chi connectivity index (χ1) is 19.1. The molecule has 0 aliphatic carbocycles. The third kappa shape index (κ3) is 7.59. The molecule has 0 aromatic heterocycles. The largest absolute Gasteiger partial charge is 0.492 e. The Balaban J connectivity index is 2.06. The zero-order valence-corrected chi connectivity index (χ0v) is 24.1. The summed E-state index contributed by atoms with van der Waals surface area (Å²) in [5.41, 5.74) is 1.67. The molecule has 214 valence electrons. The van der Waals surface area contributed by atoms with Crippen molar-refractivity contribution in [2.24, 2.45) is 0 Å². The van der Waals surface area contributed by atoms with Gasteiger partial charge in [0.15, 0.2) is 0 Å². The third-order valence-corrected chi connectivity index (χ3v) is 8.08. The lowest BCUT2D eigenvalue weighted by Crippen LogP contribution is -2.51. The van der Waals surface area contributed by atoms with Crippen LogP contribution in [0.4, 0.5) is 10.1 Å². The van der Waals surface area contributed by atoms with Crippen molar-refractivity contribution in [3.63, 3.8) is 0 Å². The highest BCUT2D eigenvalue weighted by atomic mass is 32.2. The summed E-state index contributed by atoms with van der Waals surface area (Å²) in [6, 6.07) is 17.6.